The van der Waals surface area contributed by atoms with Gasteiger partial charge < -0.3 is 15.1 Å². The maximum atomic E-state index is 12.8. The first-order valence-corrected chi connectivity index (χ1v) is 9.72. The second kappa shape index (κ2) is 7.77. The van der Waals surface area contributed by atoms with Crippen LogP contribution in [0.2, 0.25) is 0 Å². The molecular weight excluding hydrogens is 374 g/mol. The number of thiazole rings is 1. The van der Waals surface area contributed by atoms with Crippen molar-refractivity contribution in [1.82, 2.24) is 14.9 Å². The maximum Gasteiger partial charge on any atom is 0.255 e. The minimum absolute atomic E-state index is 0.0566. The van der Waals surface area contributed by atoms with Gasteiger partial charge in [-0.1, -0.05) is 30.3 Å². The van der Waals surface area contributed by atoms with Crippen LogP contribution in [0.5, 0.6) is 0 Å². The van der Waals surface area contributed by atoms with Gasteiger partial charge in [-0.15, -0.1) is 11.3 Å². The van der Waals surface area contributed by atoms with Gasteiger partial charge >= 0.3 is 0 Å². The van der Waals surface area contributed by atoms with Gasteiger partial charge in [0.15, 0.2) is 5.82 Å². The lowest BCUT2D eigenvalue weighted by atomic mass is 10.1. The molecule has 0 bridgehead atoms. The van der Waals surface area contributed by atoms with Crippen molar-refractivity contribution >= 4 is 34.7 Å². The number of pyridine rings is 1. The Bertz CT molecular complexity index is 991. The molecule has 8 heteroatoms. The second-order valence-electron chi connectivity index (χ2n) is 6.50. The second-order valence-corrected chi connectivity index (χ2v) is 7.48. The van der Waals surface area contributed by atoms with Crippen molar-refractivity contribution in [1.29, 1.82) is 0 Å². The van der Waals surface area contributed by atoms with Crippen molar-refractivity contribution in [3.05, 3.63) is 70.3 Å². The van der Waals surface area contributed by atoms with Crippen molar-refractivity contribution in [2.75, 3.05) is 23.8 Å². The van der Waals surface area contributed by atoms with E-state index in [4.69, 9.17) is 0 Å². The molecule has 1 aliphatic rings. The maximum absolute atomic E-state index is 12.8. The number of nitrogens with zero attached hydrogens (tertiary/aromatic N) is 4. The largest absolute Gasteiger partial charge is 0.359 e. The summed E-state index contributed by atoms with van der Waals surface area (Å²) in [5.41, 5.74) is 2.07. The van der Waals surface area contributed by atoms with Crippen LogP contribution < -0.4 is 10.2 Å². The van der Waals surface area contributed by atoms with Gasteiger partial charge in [-0.25, -0.2) is 9.97 Å². The number of hydrogen-bond donors (Lipinski definition) is 1. The molecule has 0 fully saturated rings. The molecule has 1 N–H and O–H groups in total. The topological polar surface area (TPSA) is 78.4 Å². The number of carbonyl (C=O) groups excluding carboxylic acids is 2. The van der Waals surface area contributed by atoms with Crippen LogP contribution in [0.25, 0.3) is 0 Å². The molecule has 1 aromatic carbocycles. The van der Waals surface area contributed by atoms with Crippen LogP contribution in [-0.2, 0) is 17.9 Å². The monoisotopic (exact) mass is 393 g/mol. The summed E-state index contributed by atoms with van der Waals surface area (Å²) in [6, 6.07) is 11.5. The van der Waals surface area contributed by atoms with Crippen LogP contribution >= 0.6 is 11.3 Å². The van der Waals surface area contributed by atoms with Gasteiger partial charge in [0.25, 0.3) is 5.91 Å². The van der Waals surface area contributed by atoms with Gasteiger partial charge in [0.1, 0.15) is 5.01 Å². The van der Waals surface area contributed by atoms with Gasteiger partial charge in [0.05, 0.1) is 30.9 Å². The van der Waals surface area contributed by atoms with E-state index in [1.165, 1.54) is 11.3 Å². The Morgan fingerprint density at radius 1 is 1.29 bits per heavy atom. The van der Waals surface area contributed by atoms with E-state index >= 15 is 0 Å². The normalized spacial score (nSPS) is 13.0. The van der Waals surface area contributed by atoms with Crippen LogP contribution in [0.3, 0.4) is 0 Å². The average molecular weight is 393 g/mol. The Hall–Kier alpha value is -3.26. The molecule has 4 rings (SSSR count). The first kappa shape index (κ1) is 18.1. The van der Waals surface area contributed by atoms with Crippen LogP contribution in [0.4, 0.5) is 11.5 Å². The highest BCUT2D eigenvalue weighted by Gasteiger charge is 2.27. The highest BCUT2D eigenvalue weighted by Crippen LogP contribution is 2.30. The molecule has 0 aliphatic carbocycles. The number of carbonyl (C=O) groups is 2. The van der Waals surface area contributed by atoms with Gasteiger partial charge in [0, 0.05) is 24.8 Å². The van der Waals surface area contributed by atoms with E-state index in [1.807, 2.05) is 35.7 Å². The van der Waals surface area contributed by atoms with E-state index in [2.05, 4.69) is 15.3 Å². The molecule has 0 saturated heterocycles. The van der Waals surface area contributed by atoms with Crippen molar-refractivity contribution in [3.8, 4) is 0 Å². The minimum Gasteiger partial charge on any atom is -0.359 e. The summed E-state index contributed by atoms with van der Waals surface area (Å²) in [7, 11) is 1.73. The third-order valence-electron chi connectivity index (χ3n) is 4.50. The summed E-state index contributed by atoms with van der Waals surface area (Å²) in [5.74, 6) is 0.386. The number of rotatable bonds is 5. The van der Waals surface area contributed by atoms with Crippen LogP contribution in [0, 0.1) is 0 Å². The smallest absolute Gasteiger partial charge is 0.255 e. The van der Waals surface area contributed by atoms with Gasteiger partial charge in [-0.2, -0.15) is 0 Å². The van der Waals surface area contributed by atoms with Gasteiger partial charge in [-0.3, -0.25) is 9.59 Å². The Labute approximate surface area is 166 Å². The van der Waals surface area contributed by atoms with Gasteiger partial charge in [-0.05, 0) is 11.6 Å². The molecule has 2 amide bonds. The lowest BCUT2D eigenvalue weighted by Crippen LogP contribution is -2.40. The number of anilines is 2. The number of amides is 2. The molecule has 0 unspecified atom stereocenters. The molecule has 0 saturated carbocycles. The summed E-state index contributed by atoms with van der Waals surface area (Å²) in [6.45, 7) is 1.05. The highest BCUT2D eigenvalue weighted by atomic mass is 32.1. The molecule has 2 aromatic heterocycles. The quantitative estimate of drug-likeness (QED) is 0.721. The molecule has 1 aliphatic heterocycles. The SMILES string of the molecule is CN(Cc1nccs1)C(=O)c1cnc2c(c1)N(Cc1ccccc1)C(=O)CN2. The van der Waals surface area contributed by atoms with E-state index in [0.717, 1.165) is 10.6 Å². The molecule has 3 heterocycles. The zero-order chi connectivity index (χ0) is 19.5. The van der Waals surface area contributed by atoms with Crippen LogP contribution in [0.1, 0.15) is 20.9 Å². The summed E-state index contributed by atoms with van der Waals surface area (Å²) in [4.78, 5) is 37.2. The summed E-state index contributed by atoms with van der Waals surface area (Å²) >= 11 is 1.51. The molecule has 0 spiro atoms. The fourth-order valence-electron chi connectivity index (χ4n) is 3.07. The van der Waals surface area contributed by atoms with Crippen molar-refractivity contribution in [2.24, 2.45) is 0 Å². The zero-order valence-electron chi connectivity index (χ0n) is 15.3. The number of fused-ring (bicyclic) bond motifs is 1. The predicted molar refractivity (Wildman–Crippen MR) is 108 cm³/mol. The number of hydrogen-bond acceptors (Lipinski definition) is 6. The van der Waals surface area contributed by atoms with E-state index in [-0.39, 0.29) is 18.4 Å². The molecule has 142 valence electrons. The fourth-order valence-corrected chi connectivity index (χ4v) is 3.74. The summed E-state index contributed by atoms with van der Waals surface area (Å²) in [5, 5.41) is 5.77. The molecule has 3 aromatic rings. The Balaban J connectivity index is 1.60. The Morgan fingerprint density at radius 2 is 2.11 bits per heavy atom. The highest BCUT2D eigenvalue weighted by molar-refractivity contribution is 7.09. The van der Waals surface area contributed by atoms with E-state index in [0.29, 0.717) is 30.2 Å². The van der Waals surface area contributed by atoms with Crippen LogP contribution in [-0.4, -0.2) is 40.3 Å². The predicted octanol–water partition coefficient (Wildman–Crippen LogP) is 2.77. The molecular formula is C20H19N5O2S. The average Bonchev–Trinajstić information content (AvgIpc) is 3.23. The number of nitrogens with one attached hydrogen (secondary N) is 1. The molecule has 0 radical (unpaired) electrons. The standard InChI is InChI=1S/C20H19N5O2S/c1-24(13-17-21-7-8-28-17)20(27)15-9-16-19(22-10-15)23-11-18(26)25(16)12-14-5-3-2-4-6-14/h2-10H,11-13H2,1H3,(H,22,23). The molecule has 0 atom stereocenters. The Morgan fingerprint density at radius 3 is 2.86 bits per heavy atom. The first-order chi connectivity index (χ1) is 13.6. The first-order valence-electron chi connectivity index (χ1n) is 8.84. The lowest BCUT2D eigenvalue weighted by Gasteiger charge is -2.30. The third kappa shape index (κ3) is 3.72. The van der Waals surface area contributed by atoms with Gasteiger partial charge in [0.2, 0.25) is 5.91 Å². The Kier molecular flexibility index (Phi) is 5.03. The third-order valence-corrected chi connectivity index (χ3v) is 5.26. The molecule has 28 heavy (non-hydrogen) atoms. The van der Waals surface area contributed by atoms with E-state index in [1.54, 1.807) is 35.3 Å². The fraction of sp³-hybridized carbons (Fsp3) is 0.200. The van der Waals surface area contributed by atoms with Crippen LogP contribution in [0.15, 0.2) is 54.2 Å². The summed E-state index contributed by atoms with van der Waals surface area (Å²) < 4.78 is 0. The van der Waals surface area contributed by atoms with Crippen molar-refractivity contribution < 1.29 is 9.59 Å². The summed E-state index contributed by atoms with van der Waals surface area (Å²) in [6.07, 6.45) is 3.26. The number of aromatic nitrogens is 2. The zero-order valence-corrected chi connectivity index (χ0v) is 16.1. The van der Waals surface area contributed by atoms with E-state index in [9.17, 15) is 9.59 Å². The lowest BCUT2D eigenvalue weighted by molar-refractivity contribution is -0.117. The number of benzene rings is 1. The van der Waals surface area contributed by atoms with E-state index < -0.39 is 0 Å². The molecule has 7 nitrogen and oxygen atoms in total. The van der Waals surface area contributed by atoms with Crippen molar-refractivity contribution in [3.63, 3.8) is 0 Å². The van der Waals surface area contributed by atoms with Crippen molar-refractivity contribution in [2.45, 2.75) is 13.1 Å². The minimum atomic E-state index is -0.164.